The minimum absolute atomic E-state index is 0.0751. The summed E-state index contributed by atoms with van der Waals surface area (Å²) in [7, 11) is 2.09. The Labute approximate surface area is 149 Å². The van der Waals surface area contributed by atoms with Gasteiger partial charge in [0.2, 0.25) is 5.28 Å². The lowest BCUT2D eigenvalue weighted by atomic mass is 10.1. The maximum atomic E-state index is 14.4. The van der Waals surface area contributed by atoms with Gasteiger partial charge in [-0.15, -0.1) is 0 Å². The first kappa shape index (κ1) is 18.4. The summed E-state index contributed by atoms with van der Waals surface area (Å²) < 4.78 is 14.9. The summed E-state index contributed by atoms with van der Waals surface area (Å²) in [6.45, 7) is 9.43. The molecule has 2 heterocycles. The van der Waals surface area contributed by atoms with Crippen LogP contribution in [-0.4, -0.2) is 48.1 Å². The SMILES string of the molecule is CC.Cc1cc2c(N3CCN(C)CC3)nc(Cl)nc2c(F)c1Br. The zero-order valence-electron chi connectivity index (χ0n) is 13.8. The first-order valence-electron chi connectivity index (χ1n) is 7.72. The standard InChI is InChI=1S/C14H15BrClFN4.C2H6/c1-8-7-9-12(11(17)10(8)15)18-14(16)19-13(9)21-5-3-20(2)4-6-21;1-2/h7H,3-6H2,1-2H3;1-2H3. The van der Waals surface area contributed by atoms with E-state index >= 15 is 0 Å². The fourth-order valence-electron chi connectivity index (χ4n) is 2.55. The van der Waals surface area contributed by atoms with Crippen molar-refractivity contribution in [2.75, 3.05) is 38.1 Å². The lowest BCUT2D eigenvalue weighted by molar-refractivity contribution is 0.312. The first-order valence-corrected chi connectivity index (χ1v) is 8.90. The number of nitrogens with zero attached hydrogens (tertiary/aromatic N) is 4. The molecule has 1 aliphatic heterocycles. The molecule has 1 aliphatic rings. The maximum Gasteiger partial charge on any atom is 0.225 e. The topological polar surface area (TPSA) is 32.3 Å². The lowest BCUT2D eigenvalue weighted by Gasteiger charge is -2.33. The molecule has 0 atom stereocenters. The predicted octanol–water partition coefficient (Wildman–Crippen LogP) is 4.27. The molecule has 1 aromatic heterocycles. The second kappa shape index (κ2) is 7.73. The van der Waals surface area contributed by atoms with Crippen LogP contribution in [0.3, 0.4) is 0 Å². The summed E-state index contributed by atoms with van der Waals surface area (Å²) in [5, 5.41) is 0.785. The molecule has 2 aromatic rings. The average molecular weight is 404 g/mol. The highest BCUT2D eigenvalue weighted by atomic mass is 79.9. The van der Waals surface area contributed by atoms with Gasteiger partial charge in [-0.1, -0.05) is 13.8 Å². The van der Waals surface area contributed by atoms with E-state index in [1.54, 1.807) is 0 Å². The summed E-state index contributed by atoms with van der Waals surface area (Å²) in [5.74, 6) is 0.331. The van der Waals surface area contributed by atoms with Crippen molar-refractivity contribution in [1.82, 2.24) is 14.9 Å². The van der Waals surface area contributed by atoms with Gasteiger partial charge in [0.15, 0.2) is 5.82 Å². The predicted molar refractivity (Wildman–Crippen MR) is 98.0 cm³/mol. The Kier molecular flexibility index (Phi) is 6.17. The number of anilines is 1. The van der Waals surface area contributed by atoms with Gasteiger partial charge in [-0.25, -0.2) is 9.37 Å². The van der Waals surface area contributed by atoms with Crippen LogP contribution in [0.5, 0.6) is 0 Å². The van der Waals surface area contributed by atoms with Gasteiger partial charge >= 0.3 is 0 Å². The number of aryl methyl sites for hydroxylation is 1. The highest BCUT2D eigenvalue weighted by Gasteiger charge is 2.21. The number of hydrogen-bond donors (Lipinski definition) is 0. The fourth-order valence-corrected chi connectivity index (χ4v) is 3.01. The van der Waals surface area contributed by atoms with Crippen molar-refractivity contribution < 1.29 is 4.39 Å². The first-order chi connectivity index (χ1) is 11.0. The quantitative estimate of drug-likeness (QED) is 0.666. The van der Waals surface area contributed by atoms with Gasteiger partial charge in [0.05, 0.1) is 4.47 Å². The number of benzene rings is 1. The van der Waals surface area contributed by atoms with Crippen molar-refractivity contribution in [1.29, 1.82) is 0 Å². The number of likely N-dealkylation sites (N-methyl/N-ethyl adjacent to an activating group) is 1. The number of hydrogen-bond acceptors (Lipinski definition) is 4. The number of fused-ring (bicyclic) bond motifs is 1. The molecule has 0 saturated carbocycles. The maximum absolute atomic E-state index is 14.4. The van der Waals surface area contributed by atoms with Gasteiger partial charge in [0.25, 0.3) is 0 Å². The largest absolute Gasteiger partial charge is 0.353 e. The Balaban J connectivity index is 0.000000924. The molecule has 0 radical (unpaired) electrons. The molecule has 23 heavy (non-hydrogen) atoms. The Bertz CT molecular complexity index is 702. The van der Waals surface area contributed by atoms with E-state index in [4.69, 9.17) is 11.6 Å². The van der Waals surface area contributed by atoms with Crippen LogP contribution in [0.1, 0.15) is 19.4 Å². The van der Waals surface area contributed by atoms with Crippen molar-refractivity contribution in [2.45, 2.75) is 20.8 Å². The molecule has 0 amide bonds. The fraction of sp³-hybridized carbons (Fsp3) is 0.500. The Morgan fingerprint density at radius 3 is 2.39 bits per heavy atom. The summed E-state index contributed by atoms with van der Waals surface area (Å²) in [5.41, 5.74) is 1.09. The van der Waals surface area contributed by atoms with Crippen LogP contribution in [0, 0.1) is 12.7 Å². The molecule has 3 rings (SSSR count). The Hall–Kier alpha value is -0.980. The molecule has 7 heteroatoms. The summed E-state index contributed by atoms with van der Waals surface area (Å²) in [4.78, 5) is 12.8. The molecule has 0 aliphatic carbocycles. The molecule has 126 valence electrons. The molecular weight excluding hydrogens is 383 g/mol. The second-order valence-electron chi connectivity index (χ2n) is 5.32. The highest BCUT2D eigenvalue weighted by Crippen LogP contribution is 2.33. The zero-order valence-corrected chi connectivity index (χ0v) is 16.2. The van der Waals surface area contributed by atoms with Crippen LogP contribution in [0.15, 0.2) is 10.5 Å². The molecular formula is C16H21BrClFN4. The van der Waals surface area contributed by atoms with Gasteiger partial charge in [0, 0.05) is 31.6 Å². The van der Waals surface area contributed by atoms with E-state index in [2.05, 4.69) is 42.7 Å². The van der Waals surface area contributed by atoms with E-state index in [9.17, 15) is 4.39 Å². The smallest absolute Gasteiger partial charge is 0.225 e. The minimum Gasteiger partial charge on any atom is -0.353 e. The van der Waals surface area contributed by atoms with Crippen LogP contribution in [0.2, 0.25) is 5.28 Å². The van der Waals surface area contributed by atoms with Gasteiger partial charge in [-0.2, -0.15) is 4.98 Å². The monoisotopic (exact) mass is 402 g/mol. The summed E-state index contributed by atoms with van der Waals surface area (Å²) in [6.07, 6.45) is 0. The number of aromatic nitrogens is 2. The third-order valence-electron chi connectivity index (χ3n) is 3.81. The number of halogens is 3. The van der Waals surface area contributed by atoms with Crippen molar-refractivity contribution in [2.24, 2.45) is 0 Å². The second-order valence-corrected chi connectivity index (χ2v) is 6.46. The Morgan fingerprint density at radius 2 is 1.78 bits per heavy atom. The van der Waals surface area contributed by atoms with Gasteiger partial charge in [-0.3, -0.25) is 0 Å². The van der Waals surface area contributed by atoms with Crippen molar-refractivity contribution in [3.63, 3.8) is 0 Å². The van der Waals surface area contributed by atoms with Gasteiger partial charge in [0.1, 0.15) is 11.3 Å². The molecule has 0 N–H and O–H groups in total. The van der Waals surface area contributed by atoms with Crippen LogP contribution in [-0.2, 0) is 0 Å². The molecule has 0 bridgehead atoms. The van der Waals surface area contributed by atoms with E-state index in [0.29, 0.717) is 15.7 Å². The lowest BCUT2D eigenvalue weighted by Crippen LogP contribution is -2.45. The van der Waals surface area contributed by atoms with E-state index < -0.39 is 0 Å². The van der Waals surface area contributed by atoms with Crippen LogP contribution >= 0.6 is 27.5 Å². The highest BCUT2D eigenvalue weighted by molar-refractivity contribution is 9.10. The van der Waals surface area contributed by atoms with E-state index in [1.807, 2.05) is 26.8 Å². The summed E-state index contributed by atoms with van der Waals surface area (Å²) >= 11 is 9.25. The summed E-state index contributed by atoms with van der Waals surface area (Å²) in [6, 6.07) is 1.91. The van der Waals surface area contributed by atoms with E-state index in [1.165, 1.54) is 0 Å². The van der Waals surface area contributed by atoms with E-state index in [-0.39, 0.29) is 16.6 Å². The van der Waals surface area contributed by atoms with Gasteiger partial charge in [-0.05, 0) is 53.1 Å². The number of piperazine rings is 1. The molecule has 0 unspecified atom stereocenters. The third kappa shape index (κ3) is 3.75. The average Bonchev–Trinajstić information content (AvgIpc) is 2.56. The normalized spacial score (nSPS) is 15.5. The third-order valence-corrected chi connectivity index (χ3v) is 4.95. The number of rotatable bonds is 1. The van der Waals surface area contributed by atoms with Crippen LogP contribution < -0.4 is 4.90 Å². The van der Waals surface area contributed by atoms with E-state index in [0.717, 1.165) is 31.7 Å². The zero-order chi connectivity index (χ0) is 17.1. The van der Waals surface area contributed by atoms with Crippen molar-refractivity contribution in [3.05, 3.63) is 27.2 Å². The molecule has 1 fully saturated rings. The molecule has 1 saturated heterocycles. The molecule has 0 spiro atoms. The van der Waals surface area contributed by atoms with Crippen molar-refractivity contribution in [3.8, 4) is 0 Å². The van der Waals surface area contributed by atoms with Gasteiger partial charge < -0.3 is 9.80 Å². The molecule has 4 nitrogen and oxygen atoms in total. The molecule has 1 aromatic carbocycles. The Morgan fingerprint density at radius 1 is 1.17 bits per heavy atom. The van der Waals surface area contributed by atoms with Crippen molar-refractivity contribution >= 4 is 44.3 Å². The van der Waals surface area contributed by atoms with Crippen LogP contribution in [0.4, 0.5) is 10.2 Å². The van der Waals surface area contributed by atoms with Crippen LogP contribution in [0.25, 0.3) is 10.9 Å². The minimum atomic E-state index is -0.385.